The number of rotatable bonds is 4. The molecule has 0 amide bonds. The Kier molecular flexibility index (Phi) is 4.66. The lowest BCUT2D eigenvalue weighted by atomic mass is 10.2. The predicted molar refractivity (Wildman–Crippen MR) is 76.6 cm³/mol. The summed E-state index contributed by atoms with van der Waals surface area (Å²) in [5, 5.41) is 12.5. The zero-order valence-corrected chi connectivity index (χ0v) is 11.4. The molecule has 0 fully saturated rings. The molecule has 0 saturated carbocycles. The Morgan fingerprint density at radius 2 is 1.84 bits per heavy atom. The van der Waals surface area contributed by atoms with Crippen LogP contribution in [0.3, 0.4) is 0 Å². The van der Waals surface area contributed by atoms with Crippen LogP contribution in [0.1, 0.15) is 11.1 Å². The van der Waals surface area contributed by atoms with Gasteiger partial charge in [0.05, 0.1) is 6.21 Å². The number of nitrogens with zero attached hydrogens (tertiary/aromatic N) is 1. The summed E-state index contributed by atoms with van der Waals surface area (Å²) in [7, 11) is 0. The van der Waals surface area contributed by atoms with Crippen LogP contribution < -0.4 is 4.74 Å². The van der Waals surface area contributed by atoms with Gasteiger partial charge in [0.25, 0.3) is 0 Å². The zero-order valence-electron chi connectivity index (χ0n) is 9.88. The molecule has 0 saturated heterocycles. The second kappa shape index (κ2) is 6.45. The average molecular weight is 296 g/mol. The summed E-state index contributed by atoms with van der Waals surface area (Å²) in [5.41, 5.74) is 1.66. The van der Waals surface area contributed by atoms with Crippen LogP contribution in [0.2, 0.25) is 10.0 Å². The number of hydrogen-bond donors (Lipinski definition) is 1. The second-order valence-corrected chi connectivity index (χ2v) is 4.68. The zero-order chi connectivity index (χ0) is 13.7. The summed E-state index contributed by atoms with van der Waals surface area (Å²) in [6.07, 6.45) is 1.35. The second-order valence-electron chi connectivity index (χ2n) is 3.84. The predicted octanol–water partition coefficient (Wildman–Crippen LogP) is 4.38. The molecule has 2 rings (SSSR count). The van der Waals surface area contributed by atoms with Crippen molar-refractivity contribution in [2.75, 3.05) is 0 Å². The van der Waals surface area contributed by atoms with E-state index in [1.807, 2.05) is 6.07 Å². The van der Waals surface area contributed by atoms with Crippen LogP contribution in [-0.2, 0) is 6.61 Å². The maximum atomic E-state index is 8.41. The summed E-state index contributed by atoms with van der Waals surface area (Å²) in [6, 6.07) is 12.5. The van der Waals surface area contributed by atoms with Gasteiger partial charge in [-0.1, -0.05) is 34.4 Å². The maximum absolute atomic E-state index is 8.41. The lowest BCUT2D eigenvalue weighted by Crippen LogP contribution is -1.96. The van der Waals surface area contributed by atoms with Crippen LogP contribution in [0.4, 0.5) is 0 Å². The minimum atomic E-state index is 0.365. The first kappa shape index (κ1) is 13.7. The topological polar surface area (TPSA) is 41.8 Å². The monoisotopic (exact) mass is 295 g/mol. The van der Waals surface area contributed by atoms with Gasteiger partial charge >= 0.3 is 0 Å². The van der Waals surface area contributed by atoms with E-state index in [9.17, 15) is 0 Å². The minimum Gasteiger partial charge on any atom is -0.489 e. The van der Waals surface area contributed by atoms with Crippen molar-refractivity contribution >= 4 is 29.4 Å². The summed E-state index contributed by atoms with van der Waals surface area (Å²) in [5.74, 6) is 0.709. The van der Waals surface area contributed by atoms with Gasteiger partial charge < -0.3 is 9.94 Å². The molecule has 0 bridgehead atoms. The largest absolute Gasteiger partial charge is 0.489 e. The molecule has 0 aliphatic carbocycles. The molecule has 0 aliphatic heterocycles. The highest BCUT2D eigenvalue weighted by Gasteiger charge is 2.02. The number of oxime groups is 1. The summed E-state index contributed by atoms with van der Waals surface area (Å²) >= 11 is 11.9. The molecule has 0 radical (unpaired) electrons. The molecule has 0 aliphatic rings. The van der Waals surface area contributed by atoms with Crippen LogP contribution in [0, 0.1) is 0 Å². The summed E-state index contributed by atoms with van der Waals surface area (Å²) < 4.78 is 5.61. The van der Waals surface area contributed by atoms with Gasteiger partial charge in [0.2, 0.25) is 0 Å². The molecular weight excluding hydrogens is 285 g/mol. The van der Waals surface area contributed by atoms with E-state index in [-0.39, 0.29) is 0 Å². The average Bonchev–Trinajstić information content (AvgIpc) is 2.40. The third-order valence-electron chi connectivity index (χ3n) is 2.50. The molecule has 98 valence electrons. The molecule has 0 atom stereocenters. The smallest absolute Gasteiger partial charge is 0.119 e. The fourth-order valence-electron chi connectivity index (χ4n) is 1.52. The van der Waals surface area contributed by atoms with Crippen molar-refractivity contribution < 1.29 is 9.94 Å². The van der Waals surface area contributed by atoms with Crippen molar-refractivity contribution in [3.05, 3.63) is 63.6 Å². The third-order valence-corrected chi connectivity index (χ3v) is 3.08. The lowest BCUT2D eigenvalue weighted by Gasteiger charge is -2.08. The number of halogens is 2. The van der Waals surface area contributed by atoms with E-state index >= 15 is 0 Å². The summed E-state index contributed by atoms with van der Waals surface area (Å²) in [6.45, 7) is 0.365. The molecule has 5 heteroatoms. The fraction of sp³-hybridized carbons (Fsp3) is 0.0714. The van der Waals surface area contributed by atoms with Gasteiger partial charge in [-0.2, -0.15) is 0 Å². The van der Waals surface area contributed by atoms with E-state index in [0.29, 0.717) is 22.4 Å². The van der Waals surface area contributed by atoms with Gasteiger partial charge in [-0.05, 0) is 42.0 Å². The lowest BCUT2D eigenvalue weighted by molar-refractivity contribution is 0.306. The van der Waals surface area contributed by atoms with Crippen molar-refractivity contribution in [1.82, 2.24) is 0 Å². The Balaban J connectivity index is 2.02. The molecule has 0 heterocycles. The number of hydrogen-bond acceptors (Lipinski definition) is 3. The molecule has 2 aromatic carbocycles. The van der Waals surface area contributed by atoms with Gasteiger partial charge in [0, 0.05) is 15.6 Å². The first-order valence-electron chi connectivity index (χ1n) is 5.53. The quantitative estimate of drug-likeness (QED) is 0.517. The first-order chi connectivity index (χ1) is 9.19. The first-order valence-corrected chi connectivity index (χ1v) is 6.29. The molecular formula is C14H11Cl2NO2. The van der Waals surface area contributed by atoms with E-state index in [1.54, 1.807) is 36.4 Å². The Morgan fingerprint density at radius 1 is 1.11 bits per heavy atom. The summed E-state index contributed by atoms with van der Waals surface area (Å²) in [4.78, 5) is 0. The molecule has 1 N–H and O–H groups in total. The van der Waals surface area contributed by atoms with Crippen LogP contribution in [0.15, 0.2) is 47.6 Å². The highest BCUT2D eigenvalue weighted by atomic mass is 35.5. The van der Waals surface area contributed by atoms with Crippen molar-refractivity contribution in [2.45, 2.75) is 6.61 Å². The van der Waals surface area contributed by atoms with E-state index in [2.05, 4.69) is 5.16 Å². The molecule has 19 heavy (non-hydrogen) atoms. The molecule has 0 unspecified atom stereocenters. The molecule has 0 aromatic heterocycles. The number of ether oxygens (including phenoxy) is 1. The minimum absolute atomic E-state index is 0.365. The van der Waals surface area contributed by atoms with E-state index in [4.69, 9.17) is 33.1 Å². The molecule has 2 aromatic rings. The Hall–Kier alpha value is -1.71. The van der Waals surface area contributed by atoms with E-state index < -0.39 is 0 Å². The SMILES string of the molecule is ON=Cc1ccc(OCc2ccc(Cl)cc2Cl)cc1. The standard InChI is InChI=1S/C14H11Cl2NO2/c15-12-4-3-11(14(16)7-12)9-19-13-5-1-10(2-6-13)8-17-18/h1-8,18H,9H2. The van der Waals surface area contributed by atoms with Gasteiger partial charge in [-0.25, -0.2) is 0 Å². The highest BCUT2D eigenvalue weighted by Crippen LogP contribution is 2.22. The fourth-order valence-corrected chi connectivity index (χ4v) is 1.98. The van der Waals surface area contributed by atoms with Crippen molar-refractivity contribution in [3.63, 3.8) is 0 Å². The Labute approximate surface area is 121 Å². The van der Waals surface area contributed by atoms with Gasteiger partial charge in [-0.3, -0.25) is 0 Å². The van der Waals surface area contributed by atoms with Gasteiger partial charge in [0.15, 0.2) is 0 Å². The Morgan fingerprint density at radius 3 is 2.47 bits per heavy atom. The third kappa shape index (κ3) is 3.88. The van der Waals surface area contributed by atoms with E-state index in [0.717, 1.165) is 11.1 Å². The maximum Gasteiger partial charge on any atom is 0.119 e. The van der Waals surface area contributed by atoms with Crippen LogP contribution in [0.25, 0.3) is 0 Å². The van der Waals surface area contributed by atoms with Crippen LogP contribution >= 0.6 is 23.2 Å². The van der Waals surface area contributed by atoms with Crippen molar-refractivity contribution in [3.8, 4) is 5.75 Å². The van der Waals surface area contributed by atoms with Crippen LogP contribution in [-0.4, -0.2) is 11.4 Å². The van der Waals surface area contributed by atoms with Crippen molar-refractivity contribution in [2.24, 2.45) is 5.16 Å². The van der Waals surface area contributed by atoms with Crippen molar-refractivity contribution in [1.29, 1.82) is 0 Å². The normalized spacial score (nSPS) is 10.8. The molecule has 3 nitrogen and oxygen atoms in total. The van der Waals surface area contributed by atoms with Crippen LogP contribution in [0.5, 0.6) is 5.75 Å². The number of benzene rings is 2. The van der Waals surface area contributed by atoms with E-state index in [1.165, 1.54) is 6.21 Å². The Bertz CT molecular complexity index is 582. The molecule has 0 spiro atoms. The van der Waals surface area contributed by atoms with Gasteiger partial charge in [-0.15, -0.1) is 0 Å². The highest BCUT2D eigenvalue weighted by molar-refractivity contribution is 6.35. The van der Waals surface area contributed by atoms with Gasteiger partial charge in [0.1, 0.15) is 12.4 Å².